The zero-order valence-corrected chi connectivity index (χ0v) is 22.8. The van der Waals surface area contributed by atoms with Crippen molar-refractivity contribution in [1.82, 2.24) is 13.7 Å². The fraction of sp³-hybridized carbons (Fsp3) is 0.296. The Morgan fingerprint density at radius 3 is 2.50 bits per heavy atom. The van der Waals surface area contributed by atoms with Gasteiger partial charge in [-0.05, 0) is 72.7 Å². The first-order chi connectivity index (χ1) is 18.2. The van der Waals surface area contributed by atoms with Gasteiger partial charge in [0.2, 0.25) is 0 Å². The highest BCUT2D eigenvalue weighted by Crippen LogP contribution is 2.34. The SMILES string of the molecule is Cc1c(=O)n(C)c(Nc2ccc(I)cc2F)c2c(=O)n(C3CC3)c(=O)n(-c3cccc(OC4COC4)c3)c12. The van der Waals surface area contributed by atoms with E-state index in [-0.39, 0.29) is 40.1 Å². The molecule has 38 heavy (non-hydrogen) atoms. The van der Waals surface area contributed by atoms with Crippen LogP contribution in [0.5, 0.6) is 5.75 Å². The summed E-state index contributed by atoms with van der Waals surface area (Å²) in [5.41, 5.74) is -0.494. The lowest BCUT2D eigenvalue weighted by atomic mass is 10.1. The summed E-state index contributed by atoms with van der Waals surface area (Å²) >= 11 is 2.01. The topological polar surface area (TPSA) is 96.5 Å². The molecule has 4 aromatic rings. The third-order valence-electron chi connectivity index (χ3n) is 6.93. The molecule has 2 aromatic heterocycles. The summed E-state index contributed by atoms with van der Waals surface area (Å²) in [6, 6.07) is 11.4. The van der Waals surface area contributed by atoms with E-state index in [4.69, 9.17) is 9.47 Å². The van der Waals surface area contributed by atoms with Crippen molar-refractivity contribution in [1.29, 1.82) is 0 Å². The molecule has 0 amide bonds. The molecule has 2 fully saturated rings. The van der Waals surface area contributed by atoms with Gasteiger partial charge in [-0.3, -0.25) is 23.3 Å². The predicted octanol–water partition coefficient (Wildman–Crippen LogP) is 3.76. The highest BCUT2D eigenvalue weighted by molar-refractivity contribution is 14.1. The van der Waals surface area contributed by atoms with E-state index in [2.05, 4.69) is 5.32 Å². The van der Waals surface area contributed by atoms with Gasteiger partial charge in [-0.2, -0.15) is 0 Å². The van der Waals surface area contributed by atoms with Crippen LogP contribution in [0.4, 0.5) is 15.9 Å². The molecule has 2 aliphatic rings. The molecule has 3 heterocycles. The quantitative estimate of drug-likeness (QED) is 0.326. The summed E-state index contributed by atoms with van der Waals surface area (Å²) in [5, 5.41) is 3.11. The van der Waals surface area contributed by atoms with Crippen LogP contribution in [-0.2, 0) is 11.8 Å². The number of hydrogen-bond acceptors (Lipinski definition) is 6. The molecule has 2 aromatic carbocycles. The maximum Gasteiger partial charge on any atom is 0.336 e. The highest BCUT2D eigenvalue weighted by atomic mass is 127. The molecule has 0 bridgehead atoms. The first kappa shape index (κ1) is 24.9. The summed E-state index contributed by atoms with van der Waals surface area (Å²) < 4.78 is 30.6. The number of fused-ring (bicyclic) bond motifs is 1. The Morgan fingerprint density at radius 2 is 1.84 bits per heavy atom. The predicted molar refractivity (Wildman–Crippen MR) is 150 cm³/mol. The minimum atomic E-state index is -0.531. The van der Waals surface area contributed by atoms with Gasteiger partial charge in [0, 0.05) is 28.3 Å². The number of aryl methyl sites for hydroxylation is 1. The van der Waals surface area contributed by atoms with Gasteiger partial charge < -0.3 is 14.8 Å². The lowest BCUT2D eigenvalue weighted by molar-refractivity contribution is -0.0796. The Hall–Kier alpha value is -3.45. The molecule has 9 nitrogen and oxygen atoms in total. The average molecular weight is 630 g/mol. The van der Waals surface area contributed by atoms with Gasteiger partial charge in [-0.25, -0.2) is 9.18 Å². The van der Waals surface area contributed by atoms with E-state index in [1.165, 1.54) is 26.8 Å². The number of nitrogens with one attached hydrogen (secondary N) is 1. The largest absolute Gasteiger partial charge is 0.486 e. The van der Waals surface area contributed by atoms with Crippen LogP contribution in [-0.4, -0.2) is 33.0 Å². The van der Waals surface area contributed by atoms with Crippen LogP contribution in [0.3, 0.4) is 0 Å². The fourth-order valence-corrected chi connectivity index (χ4v) is 5.20. The molecule has 0 spiro atoms. The zero-order valence-electron chi connectivity index (χ0n) is 20.7. The molecule has 1 N–H and O–H groups in total. The van der Waals surface area contributed by atoms with Crippen LogP contribution in [0.1, 0.15) is 24.4 Å². The summed E-state index contributed by atoms with van der Waals surface area (Å²) in [6.45, 7) is 2.56. The van der Waals surface area contributed by atoms with Crippen LogP contribution in [0.25, 0.3) is 16.6 Å². The summed E-state index contributed by atoms with van der Waals surface area (Å²) in [4.78, 5) is 41.2. The number of ether oxygens (including phenoxy) is 2. The summed E-state index contributed by atoms with van der Waals surface area (Å²) in [5.74, 6) is 0.127. The number of rotatable bonds is 6. The molecule has 1 aliphatic heterocycles. The monoisotopic (exact) mass is 630 g/mol. The van der Waals surface area contributed by atoms with Gasteiger partial charge in [0.15, 0.2) is 0 Å². The maximum atomic E-state index is 14.8. The van der Waals surface area contributed by atoms with Gasteiger partial charge in [0.05, 0.1) is 30.1 Å². The maximum absolute atomic E-state index is 14.8. The second-order valence-electron chi connectivity index (χ2n) is 9.61. The molecule has 0 unspecified atom stereocenters. The van der Waals surface area contributed by atoms with E-state index in [0.717, 1.165) is 0 Å². The fourth-order valence-electron chi connectivity index (χ4n) is 4.74. The molecule has 6 rings (SSSR count). The molecule has 11 heteroatoms. The number of hydrogen-bond donors (Lipinski definition) is 1. The van der Waals surface area contributed by atoms with Crippen LogP contribution in [0, 0.1) is 16.3 Å². The van der Waals surface area contributed by atoms with Crippen molar-refractivity contribution in [3.63, 3.8) is 0 Å². The Balaban J connectivity index is 1.66. The summed E-state index contributed by atoms with van der Waals surface area (Å²) in [7, 11) is 1.52. The van der Waals surface area contributed by atoms with Crippen molar-refractivity contribution in [2.24, 2.45) is 7.05 Å². The first-order valence-corrected chi connectivity index (χ1v) is 13.3. The van der Waals surface area contributed by atoms with Crippen molar-refractivity contribution >= 4 is 45.0 Å². The summed E-state index contributed by atoms with van der Waals surface area (Å²) in [6.07, 6.45) is 1.32. The van der Waals surface area contributed by atoms with Crippen LogP contribution < -0.4 is 26.9 Å². The molecule has 196 valence electrons. The number of anilines is 2. The van der Waals surface area contributed by atoms with Gasteiger partial charge in [0.25, 0.3) is 11.1 Å². The number of halogens is 2. The lowest BCUT2D eigenvalue weighted by Gasteiger charge is -2.27. The van der Waals surface area contributed by atoms with Gasteiger partial charge in [-0.15, -0.1) is 0 Å². The van der Waals surface area contributed by atoms with Crippen LogP contribution >= 0.6 is 22.6 Å². The van der Waals surface area contributed by atoms with Crippen LogP contribution in [0.2, 0.25) is 0 Å². The molecule has 0 atom stereocenters. The van der Waals surface area contributed by atoms with E-state index in [1.807, 2.05) is 22.6 Å². The number of nitrogens with zero attached hydrogens (tertiary/aromatic N) is 3. The molecular formula is C27H24FIN4O5. The Kier molecular flexibility index (Phi) is 6.14. The molecular weight excluding hydrogens is 606 g/mol. The van der Waals surface area contributed by atoms with E-state index >= 15 is 0 Å². The molecule has 0 radical (unpaired) electrons. The second kappa shape index (κ2) is 9.38. The smallest absolute Gasteiger partial charge is 0.336 e. The van der Waals surface area contributed by atoms with Crippen molar-refractivity contribution in [3.05, 3.63) is 88.6 Å². The first-order valence-electron chi connectivity index (χ1n) is 12.2. The van der Waals surface area contributed by atoms with E-state index in [1.54, 1.807) is 43.3 Å². The molecule has 1 aliphatic carbocycles. The number of benzene rings is 2. The Bertz CT molecular complexity index is 1790. The lowest BCUT2D eigenvalue weighted by Crippen LogP contribution is -2.41. The minimum absolute atomic E-state index is 0.0761. The van der Waals surface area contributed by atoms with Crippen molar-refractivity contribution < 1.29 is 13.9 Å². The zero-order chi connectivity index (χ0) is 26.7. The van der Waals surface area contributed by atoms with E-state index in [0.29, 0.717) is 41.1 Å². The second-order valence-corrected chi connectivity index (χ2v) is 10.9. The third kappa shape index (κ3) is 4.13. The standard InChI is InChI=1S/C27H24FIN4O5/c1-14-23-22(24(31(2)25(14)34)30-21-9-6-15(29)10-20(21)28)26(35)33(16-7-8-16)27(36)32(23)17-4-3-5-18(11-17)38-19-12-37-13-19/h3-6,9-11,16,19,30H,7-8,12-13H2,1-2H3. The number of aromatic nitrogens is 3. The Morgan fingerprint density at radius 1 is 1.08 bits per heavy atom. The Labute approximate surface area is 229 Å². The van der Waals surface area contributed by atoms with Crippen molar-refractivity contribution in [2.45, 2.75) is 31.9 Å². The van der Waals surface area contributed by atoms with E-state index in [9.17, 15) is 18.8 Å². The van der Waals surface area contributed by atoms with Crippen LogP contribution in [0.15, 0.2) is 56.8 Å². The van der Waals surface area contributed by atoms with E-state index < -0.39 is 22.6 Å². The van der Waals surface area contributed by atoms with Gasteiger partial charge in [-0.1, -0.05) is 6.07 Å². The molecule has 1 saturated carbocycles. The van der Waals surface area contributed by atoms with Crippen molar-refractivity contribution in [3.8, 4) is 11.4 Å². The van der Waals surface area contributed by atoms with Gasteiger partial charge in [0.1, 0.15) is 28.9 Å². The number of pyridine rings is 1. The highest BCUT2D eigenvalue weighted by Gasteiger charge is 2.32. The minimum Gasteiger partial charge on any atom is -0.486 e. The van der Waals surface area contributed by atoms with Gasteiger partial charge >= 0.3 is 5.69 Å². The normalized spacial score (nSPS) is 15.5. The molecule has 1 saturated heterocycles. The van der Waals surface area contributed by atoms with Crippen molar-refractivity contribution in [2.75, 3.05) is 18.5 Å². The third-order valence-corrected chi connectivity index (χ3v) is 7.60. The average Bonchev–Trinajstić information content (AvgIpc) is 3.69.